The molecule has 1 nitrogen and oxygen atoms in total. The fourth-order valence-electron chi connectivity index (χ4n) is 1.50. The number of hydrogen-bond donors (Lipinski definition) is 0. The highest BCUT2D eigenvalue weighted by Gasteiger charge is 2.40. The highest BCUT2D eigenvalue weighted by atomic mass is 79.9. The van der Waals surface area contributed by atoms with Gasteiger partial charge in [0.1, 0.15) is 0 Å². The van der Waals surface area contributed by atoms with Crippen molar-refractivity contribution in [2.24, 2.45) is 11.8 Å². The molecule has 1 unspecified atom stereocenters. The van der Waals surface area contributed by atoms with Crippen LogP contribution in [0.2, 0.25) is 0 Å². The zero-order chi connectivity index (χ0) is 6.43. The molecule has 0 bridgehead atoms. The van der Waals surface area contributed by atoms with E-state index in [1.54, 1.807) is 0 Å². The first-order valence-corrected chi connectivity index (χ1v) is 4.00. The van der Waals surface area contributed by atoms with Gasteiger partial charge in [0.15, 0.2) is 5.78 Å². The molecule has 1 fully saturated rings. The molecule has 2 heteroatoms. The molecule has 0 N–H and O–H groups in total. The minimum atomic E-state index is 0.325. The van der Waals surface area contributed by atoms with Crippen LogP contribution in [0, 0.1) is 11.8 Å². The Balaban J connectivity index is 2.29. The predicted molar refractivity (Wildman–Crippen MR) is 38.2 cm³/mol. The Morgan fingerprint density at radius 3 is 2.56 bits per heavy atom. The molecule has 0 aromatic heterocycles. The average Bonchev–Trinajstić information content (AvgIpc) is 1.92. The molecule has 2 aliphatic rings. The summed E-state index contributed by atoms with van der Waals surface area (Å²) in [5.41, 5.74) is 0. The highest BCUT2D eigenvalue weighted by molar-refractivity contribution is 9.12. The minimum absolute atomic E-state index is 0.325. The molecule has 2 rings (SSSR count). The van der Waals surface area contributed by atoms with Crippen LogP contribution in [-0.4, -0.2) is 5.78 Å². The normalized spacial score (nSPS) is 39.7. The summed E-state index contributed by atoms with van der Waals surface area (Å²) in [6.07, 6.45) is 4.37. The Hall–Kier alpha value is -0.110. The molecule has 0 aromatic carbocycles. The molecule has 0 aromatic rings. The van der Waals surface area contributed by atoms with Gasteiger partial charge in [-0.05, 0) is 34.7 Å². The lowest BCUT2D eigenvalue weighted by atomic mass is 9.76. The second-order valence-electron chi connectivity index (χ2n) is 2.73. The summed E-state index contributed by atoms with van der Waals surface area (Å²) in [4.78, 5) is 11.1. The van der Waals surface area contributed by atoms with E-state index in [1.165, 1.54) is 6.42 Å². The van der Waals surface area contributed by atoms with Crippen LogP contribution in [0.3, 0.4) is 0 Å². The molecule has 0 saturated heterocycles. The van der Waals surface area contributed by atoms with Crippen molar-refractivity contribution in [3.63, 3.8) is 0 Å². The summed E-state index contributed by atoms with van der Waals surface area (Å²) in [5.74, 6) is 1.28. The van der Waals surface area contributed by atoms with Crippen molar-refractivity contribution in [2.45, 2.75) is 12.8 Å². The molecule has 2 atom stereocenters. The third-order valence-electron chi connectivity index (χ3n) is 2.26. The third-order valence-corrected chi connectivity index (χ3v) is 2.92. The zero-order valence-electron chi connectivity index (χ0n) is 4.93. The summed E-state index contributed by atoms with van der Waals surface area (Å²) < 4.78 is 0.815. The topological polar surface area (TPSA) is 17.1 Å². The number of fused-ring (bicyclic) bond motifs is 1. The van der Waals surface area contributed by atoms with Crippen LogP contribution in [0.4, 0.5) is 0 Å². The molecule has 2 aliphatic carbocycles. The van der Waals surface area contributed by atoms with Crippen molar-refractivity contribution in [1.29, 1.82) is 0 Å². The Morgan fingerprint density at radius 2 is 2.33 bits per heavy atom. The van der Waals surface area contributed by atoms with Crippen LogP contribution < -0.4 is 0 Å². The lowest BCUT2D eigenvalue weighted by Gasteiger charge is -2.27. The van der Waals surface area contributed by atoms with Gasteiger partial charge in [0.25, 0.3) is 0 Å². The van der Waals surface area contributed by atoms with Gasteiger partial charge in [0.05, 0.1) is 4.48 Å². The van der Waals surface area contributed by atoms with Gasteiger partial charge in [-0.3, -0.25) is 4.79 Å². The molecule has 0 spiro atoms. The number of halogens is 1. The lowest BCUT2D eigenvalue weighted by Crippen LogP contribution is -2.25. The first kappa shape index (κ1) is 5.66. The zero-order valence-corrected chi connectivity index (χ0v) is 6.52. The Labute approximate surface area is 62.3 Å². The maximum Gasteiger partial charge on any atom is 0.173 e. The number of Topliss-reactive ketones (excluding diaryl/α,β-unsaturated/α-hetero) is 1. The molecule has 0 heterocycles. The summed E-state index contributed by atoms with van der Waals surface area (Å²) >= 11 is 3.24. The molecule has 9 heavy (non-hydrogen) atoms. The molecule has 0 aliphatic heterocycles. The van der Waals surface area contributed by atoms with Gasteiger partial charge in [0.2, 0.25) is 0 Å². The van der Waals surface area contributed by atoms with Crippen LogP contribution in [0.25, 0.3) is 0 Å². The predicted octanol–water partition coefficient (Wildman–Crippen LogP) is 1.87. The Bertz CT molecular complexity index is 195. The van der Waals surface area contributed by atoms with Gasteiger partial charge in [-0.15, -0.1) is 0 Å². The van der Waals surface area contributed by atoms with E-state index in [2.05, 4.69) is 22.0 Å². The molecule has 1 saturated carbocycles. The quantitative estimate of drug-likeness (QED) is 0.565. The summed E-state index contributed by atoms with van der Waals surface area (Å²) in [6.45, 7) is 0. The van der Waals surface area contributed by atoms with Crippen molar-refractivity contribution in [3.05, 3.63) is 10.6 Å². The first-order valence-electron chi connectivity index (χ1n) is 3.20. The van der Waals surface area contributed by atoms with Crippen molar-refractivity contribution in [1.82, 2.24) is 0 Å². The smallest absolute Gasteiger partial charge is 0.173 e. The van der Waals surface area contributed by atoms with Crippen molar-refractivity contribution < 1.29 is 4.79 Å². The van der Waals surface area contributed by atoms with E-state index < -0.39 is 0 Å². The summed E-state index contributed by atoms with van der Waals surface area (Å²) in [6, 6.07) is 0. The van der Waals surface area contributed by atoms with Crippen LogP contribution in [-0.2, 0) is 4.79 Å². The van der Waals surface area contributed by atoms with Crippen molar-refractivity contribution in [2.75, 3.05) is 0 Å². The van der Waals surface area contributed by atoms with E-state index in [1.807, 2.05) is 0 Å². The van der Waals surface area contributed by atoms with E-state index in [4.69, 9.17) is 0 Å². The summed E-state index contributed by atoms with van der Waals surface area (Å²) in [7, 11) is 0. The SMILES string of the molecule is O=C1C(Br)=C[C@H]2CCC12. The summed E-state index contributed by atoms with van der Waals surface area (Å²) in [5, 5.41) is 0. The number of carbonyl (C=O) groups excluding carboxylic acids is 1. The number of allylic oxidation sites excluding steroid dienone is 2. The van der Waals surface area contributed by atoms with Gasteiger partial charge < -0.3 is 0 Å². The fraction of sp³-hybridized carbons (Fsp3) is 0.571. The van der Waals surface area contributed by atoms with Gasteiger partial charge in [-0.25, -0.2) is 0 Å². The lowest BCUT2D eigenvalue weighted by molar-refractivity contribution is -0.120. The van der Waals surface area contributed by atoms with E-state index in [-0.39, 0.29) is 0 Å². The average molecular weight is 187 g/mol. The largest absolute Gasteiger partial charge is 0.293 e. The highest BCUT2D eigenvalue weighted by Crippen LogP contribution is 2.44. The molecule has 0 radical (unpaired) electrons. The van der Waals surface area contributed by atoms with Crippen LogP contribution in [0.1, 0.15) is 12.8 Å². The molecule has 48 valence electrons. The monoisotopic (exact) mass is 186 g/mol. The minimum Gasteiger partial charge on any atom is -0.293 e. The number of ketones is 1. The third kappa shape index (κ3) is 0.627. The van der Waals surface area contributed by atoms with Crippen LogP contribution in [0.5, 0.6) is 0 Å². The van der Waals surface area contributed by atoms with E-state index in [0.717, 1.165) is 10.9 Å². The maximum atomic E-state index is 11.1. The number of carbonyl (C=O) groups is 1. The molecule has 0 amide bonds. The van der Waals surface area contributed by atoms with Gasteiger partial charge in [0, 0.05) is 5.92 Å². The fourth-order valence-corrected chi connectivity index (χ4v) is 2.13. The second-order valence-corrected chi connectivity index (χ2v) is 3.58. The molecular formula is C7H7BrO. The number of rotatable bonds is 0. The van der Waals surface area contributed by atoms with E-state index in [0.29, 0.717) is 17.6 Å². The Morgan fingerprint density at radius 1 is 1.56 bits per heavy atom. The maximum absolute atomic E-state index is 11.1. The molecular weight excluding hydrogens is 180 g/mol. The van der Waals surface area contributed by atoms with Crippen LogP contribution in [0.15, 0.2) is 10.6 Å². The van der Waals surface area contributed by atoms with E-state index in [9.17, 15) is 4.79 Å². The van der Waals surface area contributed by atoms with Gasteiger partial charge >= 0.3 is 0 Å². The van der Waals surface area contributed by atoms with Gasteiger partial charge in [-0.2, -0.15) is 0 Å². The van der Waals surface area contributed by atoms with E-state index >= 15 is 0 Å². The van der Waals surface area contributed by atoms with Crippen molar-refractivity contribution in [3.8, 4) is 0 Å². The van der Waals surface area contributed by atoms with Crippen LogP contribution >= 0.6 is 15.9 Å². The second kappa shape index (κ2) is 1.69. The number of hydrogen-bond acceptors (Lipinski definition) is 1. The first-order chi connectivity index (χ1) is 4.29. The Kier molecular flexibility index (Phi) is 1.06. The van der Waals surface area contributed by atoms with Crippen molar-refractivity contribution >= 4 is 21.7 Å². The van der Waals surface area contributed by atoms with Gasteiger partial charge in [-0.1, -0.05) is 6.08 Å². The standard InChI is InChI=1S/C7H7BrO/c8-6-3-4-1-2-5(4)7(6)9/h3-5H,1-2H2/t4-,5?/m1/s1.